The number of aliphatic carboxylic acids is 1. The number of benzene rings is 1. The summed E-state index contributed by atoms with van der Waals surface area (Å²) in [5.74, 6) is -1.55. The molecule has 1 unspecified atom stereocenters. The Hall–Kier alpha value is -1.82. The molecule has 0 aliphatic carbocycles. The summed E-state index contributed by atoms with van der Waals surface area (Å²) in [4.78, 5) is 24.6. The fourth-order valence-corrected chi connectivity index (χ4v) is 2.57. The van der Waals surface area contributed by atoms with Crippen LogP contribution in [0.25, 0.3) is 0 Å². The molecule has 7 heteroatoms. The molecule has 5 nitrogen and oxygen atoms in total. The summed E-state index contributed by atoms with van der Waals surface area (Å²) in [5, 5.41) is 11.5. The molecule has 0 spiro atoms. The Morgan fingerprint density at radius 1 is 1.43 bits per heavy atom. The van der Waals surface area contributed by atoms with Gasteiger partial charge in [0.15, 0.2) is 0 Å². The van der Waals surface area contributed by atoms with Crippen molar-refractivity contribution in [1.82, 2.24) is 4.90 Å². The van der Waals surface area contributed by atoms with Gasteiger partial charge in [0.05, 0.1) is 11.4 Å². The van der Waals surface area contributed by atoms with E-state index in [-0.39, 0.29) is 17.5 Å². The number of carboxylic acids is 1. The Bertz CT molecular complexity index is 553. The molecular weight excluding hydrogens is 299 g/mol. The highest BCUT2D eigenvalue weighted by Gasteiger charge is 2.28. The molecule has 2 amide bonds. The maximum Gasteiger partial charge on any atom is 0.322 e. The molecule has 1 aromatic rings. The van der Waals surface area contributed by atoms with Crippen LogP contribution in [0.4, 0.5) is 14.9 Å². The number of nitrogens with zero attached hydrogens (tertiary/aromatic N) is 1. The number of carbonyl (C=O) groups excluding carboxylic acids is 1. The van der Waals surface area contributed by atoms with Gasteiger partial charge in [-0.05, 0) is 37.5 Å². The van der Waals surface area contributed by atoms with Crippen molar-refractivity contribution in [2.45, 2.75) is 31.7 Å². The highest BCUT2D eigenvalue weighted by atomic mass is 35.5. The van der Waals surface area contributed by atoms with E-state index in [1.807, 2.05) is 0 Å². The average Bonchev–Trinajstić information content (AvgIpc) is 2.43. The SMILES string of the molecule is O=C(O)CC1CCCCN1C(=O)Nc1ccc(Cl)c(F)c1. The highest BCUT2D eigenvalue weighted by molar-refractivity contribution is 6.30. The van der Waals surface area contributed by atoms with Crippen LogP contribution < -0.4 is 5.32 Å². The Morgan fingerprint density at radius 3 is 2.86 bits per heavy atom. The number of urea groups is 1. The van der Waals surface area contributed by atoms with Crippen LogP contribution in [0.3, 0.4) is 0 Å². The monoisotopic (exact) mass is 314 g/mol. The van der Waals surface area contributed by atoms with Crippen molar-refractivity contribution in [2.24, 2.45) is 0 Å². The first-order valence-electron chi connectivity index (χ1n) is 6.72. The molecule has 1 saturated heterocycles. The van der Waals surface area contributed by atoms with E-state index in [0.29, 0.717) is 18.7 Å². The first-order valence-corrected chi connectivity index (χ1v) is 7.09. The third-order valence-electron chi connectivity index (χ3n) is 3.47. The topological polar surface area (TPSA) is 69.6 Å². The maximum atomic E-state index is 13.3. The van der Waals surface area contributed by atoms with E-state index in [1.165, 1.54) is 17.0 Å². The van der Waals surface area contributed by atoms with Gasteiger partial charge in [-0.3, -0.25) is 4.79 Å². The van der Waals surface area contributed by atoms with Crippen molar-refractivity contribution in [2.75, 3.05) is 11.9 Å². The Balaban J connectivity index is 2.06. The quantitative estimate of drug-likeness (QED) is 0.899. The van der Waals surface area contributed by atoms with Crippen molar-refractivity contribution in [1.29, 1.82) is 0 Å². The van der Waals surface area contributed by atoms with Crippen LogP contribution in [-0.4, -0.2) is 34.6 Å². The van der Waals surface area contributed by atoms with Crippen LogP contribution in [-0.2, 0) is 4.79 Å². The molecule has 0 aromatic heterocycles. The van der Waals surface area contributed by atoms with Crippen molar-refractivity contribution in [3.8, 4) is 0 Å². The molecule has 1 aliphatic heterocycles. The van der Waals surface area contributed by atoms with Gasteiger partial charge in [-0.15, -0.1) is 0 Å². The van der Waals surface area contributed by atoms with Gasteiger partial charge in [-0.2, -0.15) is 0 Å². The van der Waals surface area contributed by atoms with Gasteiger partial charge in [0.1, 0.15) is 5.82 Å². The number of nitrogens with one attached hydrogen (secondary N) is 1. The van der Waals surface area contributed by atoms with Crippen molar-refractivity contribution < 1.29 is 19.1 Å². The molecule has 1 fully saturated rings. The van der Waals surface area contributed by atoms with Crippen LogP contribution in [0.15, 0.2) is 18.2 Å². The van der Waals surface area contributed by atoms with Gasteiger partial charge in [-0.1, -0.05) is 11.6 Å². The van der Waals surface area contributed by atoms with Gasteiger partial charge < -0.3 is 15.3 Å². The molecule has 0 bridgehead atoms. The zero-order chi connectivity index (χ0) is 15.4. The lowest BCUT2D eigenvalue weighted by Crippen LogP contribution is -2.46. The first kappa shape index (κ1) is 15.6. The maximum absolute atomic E-state index is 13.3. The lowest BCUT2D eigenvalue weighted by molar-refractivity contribution is -0.138. The third kappa shape index (κ3) is 4.07. The number of carbonyl (C=O) groups is 2. The largest absolute Gasteiger partial charge is 0.481 e. The molecule has 0 radical (unpaired) electrons. The second kappa shape index (κ2) is 6.76. The van der Waals surface area contributed by atoms with E-state index < -0.39 is 17.8 Å². The molecule has 1 heterocycles. The summed E-state index contributed by atoms with van der Waals surface area (Å²) >= 11 is 5.58. The number of hydrogen-bond donors (Lipinski definition) is 2. The minimum absolute atomic E-state index is 0.0188. The predicted molar refractivity (Wildman–Crippen MR) is 77.0 cm³/mol. The van der Waals surface area contributed by atoms with E-state index in [4.69, 9.17) is 16.7 Å². The van der Waals surface area contributed by atoms with Crippen molar-refractivity contribution in [3.63, 3.8) is 0 Å². The third-order valence-corrected chi connectivity index (χ3v) is 3.78. The summed E-state index contributed by atoms with van der Waals surface area (Å²) in [6.45, 7) is 0.500. The van der Waals surface area contributed by atoms with E-state index in [2.05, 4.69) is 5.32 Å². The van der Waals surface area contributed by atoms with Crippen LogP contribution in [0, 0.1) is 5.82 Å². The lowest BCUT2D eigenvalue weighted by atomic mass is 10.00. The van der Waals surface area contributed by atoms with Crippen LogP contribution in [0.5, 0.6) is 0 Å². The van der Waals surface area contributed by atoms with Gasteiger partial charge in [-0.25, -0.2) is 9.18 Å². The lowest BCUT2D eigenvalue weighted by Gasteiger charge is -2.34. The molecular formula is C14H16ClFN2O3. The number of hydrogen-bond acceptors (Lipinski definition) is 2. The summed E-state index contributed by atoms with van der Waals surface area (Å²) in [5.41, 5.74) is 0.293. The standard InChI is InChI=1S/C14H16ClFN2O3/c15-11-5-4-9(7-12(11)16)17-14(21)18-6-2-1-3-10(18)8-13(19)20/h4-5,7,10H,1-3,6,8H2,(H,17,21)(H,19,20). The summed E-state index contributed by atoms with van der Waals surface area (Å²) in [6.07, 6.45) is 2.31. The molecule has 2 rings (SSSR count). The Kier molecular flexibility index (Phi) is 5.01. The van der Waals surface area contributed by atoms with Gasteiger partial charge in [0.2, 0.25) is 0 Å². The molecule has 1 aromatic carbocycles. The van der Waals surface area contributed by atoms with Gasteiger partial charge in [0, 0.05) is 18.3 Å². The van der Waals surface area contributed by atoms with E-state index >= 15 is 0 Å². The molecule has 1 atom stereocenters. The minimum Gasteiger partial charge on any atom is -0.481 e. The van der Waals surface area contributed by atoms with Gasteiger partial charge >= 0.3 is 12.0 Å². The number of carboxylic acid groups (broad SMARTS) is 1. The zero-order valence-electron chi connectivity index (χ0n) is 11.3. The number of anilines is 1. The zero-order valence-corrected chi connectivity index (χ0v) is 12.1. The first-order chi connectivity index (χ1) is 9.97. The highest BCUT2D eigenvalue weighted by Crippen LogP contribution is 2.22. The summed E-state index contributed by atoms with van der Waals surface area (Å²) in [7, 11) is 0. The number of amides is 2. The minimum atomic E-state index is -0.933. The smallest absolute Gasteiger partial charge is 0.322 e. The van der Waals surface area contributed by atoms with E-state index in [9.17, 15) is 14.0 Å². The number of halogens is 2. The van der Waals surface area contributed by atoms with E-state index in [1.54, 1.807) is 0 Å². The summed E-state index contributed by atoms with van der Waals surface area (Å²) < 4.78 is 13.3. The molecule has 21 heavy (non-hydrogen) atoms. The molecule has 2 N–H and O–H groups in total. The number of rotatable bonds is 3. The Labute approximate surface area is 126 Å². The van der Waals surface area contributed by atoms with Crippen LogP contribution >= 0.6 is 11.6 Å². The predicted octanol–water partition coefficient (Wildman–Crippen LogP) is 3.34. The van der Waals surface area contributed by atoms with Crippen LogP contribution in [0.2, 0.25) is 5.02 Å². The molecule has 114 valence electrons. The van der Waals surface area contributed by atoms with Crippen molar-refractivity contribution >= 4 is 29.3 Å². The Morgan fingerprint density at radius 2 is 2.19 bits per heavy atom. The number of piperidine rings is 1. The van der Waals surface area contributed by atoms with Crippen molar-refractivity contribution in [3.05, 3.63) is 29.0 Å². The van der Waals surface area contributed by atoms with Gasteiger partial charge in [0.25, 0.3) is 0 Å². The fraction of sp³-hybridized carbons (Fsp3) is 0.429. The molecule has 1 aliphatic rings. The normalized spacial score (nSPS) is 18.4. The fourth-order valence-electron chi connectivity index (χ4n) is 2.45. The van der Waals surface area contributed by atoms with Crippen LogP contribution in [0.1, 0.15) is 25.7 Å². The second-order valence-electron chi connectivity index (χ2n) is 5.00. The molecule has 0 saturated carbocycles. The van der Waals surface area contributed by atoms with E-state index in [0.717, 1.165) is 18.9 Å². The second-order valence-corrected chi connectivity index (χ2v) is 5.41. The summed E-state index contributed by atoms with van der Waals surface area (Å²) in [6, 6.07) is 3.25. The average molecular weight is 315 g/mol. The number of likely N-dealkylation sites (tertiary alicyclic amines) is 1.